The van der Waals surface area contributed by atoms with Crippen molar-refractivity contribution in [1.29, 1.82) is 0 Å². The molecule has 0 fully saturated rings. The van der Waals surface area contributed by atoms with Gasteiger partial charge in [-0.25, -0.2) is 4.83 Å². The van der Waals surface area contributed by atoms with Crippen molar-refractivity contribution in [1.82, 2.24) is 4.83 Å². The van der Waals surface area contributed by atoms with Crippen LogP contribution in [0.25, 0.3) is 0 Å². The van der Waals surface area contributed by atoms with Gasteiger partial charge in [0, 0.05) is 22.2 Å². The Labute approximate surface area is 158 Å². The van der Waals surface area contributed by atoms with Gasteiger partial charge in [-0.3, -0.25) is 10.1 Å². The Morgan fingerprint density at radius 2 is 1.77 bits per heavy atom. The second kappa shape index (κ2) is 8.15. The summed E-state index contributed by atoms with van der Waals surface area (Å²) in [5, 5.41) is 14.8. The molecule has 2 rings (SSSR count). The number of hydrogen-bond acceptors (Lipinski definition) is 7. The lowest BCUT2D eigenvalue weighted by Crippen LogP contribution is -2.18. The van der Waals surface area contributed by atoms with Crippen LogP contribution in [0.5, 0.6) is 11.5 Å². The Morgan fingerprint density at radius 1 is 1.15 bits per heavy atom. The molecule has 0 saturated carbocycles. The van der Waals surface area contributed by atoms with Gasteiger partial charge < -0.3 is 9.47 Å². The van der Waals surface area contributed by atoms with Crippen LogP contribution in [0.4, 0.5) is 5.69 Å². The van der Waals surface area contributed by atoms with Gasteiger partial charge in [0.25, 0.3) is 10.0 Å². The van der Waals surface area contributed by atoms with E-state index in [1.165, 1.54) is 38.5 Å². The third-order valence-electron chi connectivity index (χ3n) is 3.23. The summed E-state index contributed by atoms with van der Waals surface area (Å²) in [4.78, 5) is 12.5. The van der Waals surface area contributed by atoms with Gasteiger partial charge in [0.1, 0.15) is 5.75 Å². The summed E-state index contributed by atoms with van der Waals surface area (Å²) < 4.78 is 35.1. The van der Waals surface area contributed by atoms with Crippen LogP contribution in [-0.4, -0.2) is 33.8 Å². The van der Waals surface area contributed by atoms with Gasteiger partial charge in [-0.05, 0) is 24.3 Å². The lowest BCUT2D eigenvalue weighted by Gasteiger charge is -2.08. The van der Waals surface area contributed by atoms with Crippen LogP contribution in [0.15, 0.2) is 50.9 Å². The van der Waals surface area contributed by atoms with Gasteiger partial charge in [-0.1, -0.05) is 15.9 Å². The fraction of sp³-hybridized carbons (Fsp3) is 0.133. The summed E-state index contributed by atoms with van der Waals surface area (Å²) in [7, 11) is -1.22. The largest absolute Gasteiger partial charge is 0.496 e. The Balaban J connectivity index is 2.30. The Bertz CT molecular complexity index is 945. The van der Waals surface area contributed by atoms with Gasteiger partial charge in [0.15, 0.2) is 0 Å². The number of hydrazone groups is 1. The van der Waals surface area contributed by atoms with Crippen molar-refractivity contribution < 1.29 is 22.8 Å². The van der Waals surface area contributed by atoms with Crippen LogP contribution in [0.2, 0.25) is 0 Å². The van der Waals surface area contributed by atoms with Crippen molar-refractivity contribution in [3.8, 4) is 11.5 Å². The monoisotopic (exact) mass is 443 g/mol. The number of sulfonamides is 1. The van der Waals surface area contributed by atoms with E-state index in [-0.39, 0.29) is 27.6 Å². The van der Waals surface area contributed by atoms with Gasteiger partial charge >= 0.3 is 5.69 Å². The van der Waals surface area contributed by atoms with E-state index < -0.39 is 14.9 Å². The number of nitro groups is 1. The molecular weight excluding hydrogens is 430 g/mol. The highest BCUT2D eigenvalue weighted by Gasteiger charge is 2.19. The Kier molecular flexibility index (Phi) is 6.16. The standard InChI is InChI=1S/C15H14BrN3O6S/c1-24-14-8-15(25-2)13(19(20)21)7-10(14)9-17-18-26(22,23)12-5-3-11(16)4-6-12/h3-9,18H,1-2H3/b17-9+. The predicted octanol–water partition coefficient (Wildman–Crippen LogP) is 2.69. The first-order valence-corrected chi connectivity index (χ1v) is 9.27. The fourth-order valence-electron chi connectivity index (χ4n) is 1.98. The van der Waals surface area contributed by atoms with Crippen LogP contribution in [0.1, 0.15) is 5.56 Å². The van der Waals surface area contributed by atoms with E-state index in [0.29, 0.717) is 0 Å². The number of rotatable bonds is 7. The first-order valence-electron chi connectivity index (χ1n) is 6.99. The molecule has 0 saturated heterocycles. The number of nitro benzene ring substituents is 1. The average molecular weight is 444 g/mol. The average Bonchev–Trinajstić information content (AvgIpc) is 2.61. The van der Waals surface area contributed by atoms with Crippen molar-refractivity contribution >= 4 is 37.9 Å². The SMILES string of the molecule is COc1cc(OC)c([N+](=O)[O-])cc1/C=N/NS(=O)(=O)c1ccc(Br)cc1. The molecule has 2 aromatic carbocycles. The molecule has 9 nitrogen and oxygen atoms in total. The molecule has 0 unspecified atom stereocenters. The summed E-state index contributed by atoms with van der Waals surface area (Å²) >= 11 is 3.22. The van der Waals surface area contributed by atoms with Crippen LogP contribution in [-0.2, 0) is 10.0 Å². The second-order valence-corrected chi connectivity index (χ2v) is 7.41. The third-order valence-corrected chi connectivity index (χ3v) is 5.00. The number of halogens is 1. The lowest BCUT2D eigenvalue weighted by molar-refractivity contribution is -0.385. The van der Waals surface area contributed by atoms with E-state index in [4.69, 9.17) is 9.47 Å². The van der Waals surface area contributed by atoms with Crippen molar-refractivity contribution in [2.75, 3.05) is 14.2 Å². The van der Waals surface area contributed by atoms with E-state index in [1.54, 1.807) is 12.1 Å². The van der Waals surface area contributed by atoms with Crippen LogP contribution in [0, 0.1) is 10.1 Å². The molecule has 0 aliphatic carbocycles. The first kappa shape index (κ1) is 19.7. The zero-order valence-corrected chi connectivity index (χ0v) is 16.1. The topological polar surface area (TPSA) is 120 Å². The lowest BCUT2D eigenvalue weighted by atomic mass is 10.1. The zero-order chi connectivity index (χ0) is 19.3. The molecule has 0 aromatic heterocycles. The van der Waals surface area contributed by atoms with E-state index in [0.717, 1.165) is 10.7 Å². The molecule has 2 aromatic rings. The molecule has 0 bridgehead atoms. The first-order chi connectivity index (χ1) is 12.3. The van der Waals surface area contributed by atoms with E-state index in [9.17, 15) is 18.5 Å². The molecule has 0 aliphatic rings. The summed E-state index contributed by atoms with van der Waals surface area (Å²) in [5.74, 6) is 0.249. The maximum absolute atomic E-state index is 12.2. The summed E-state index contributed by atoms with van der Waals surface area (Å²) in [6.07, 6.45) is 1.11. The third kappa shape index (κ3) is 4.49. The maximum Gasteiger partial charge on any atom is 0.311 e. The number of benzene rings is 2. The van der Waals surface area contributed by atoms with Crippen LogP contribution >= 0.6 is 15.9 Å². The smallest absolute Gasteiger partial charge is 0.311 e. The molecular formula is C15H14BrN3O6S. The number of nitrogens with zero attached hydrogens (tertiary/aromatic N) is 2. The Morgan fingerprint density at radius 3 is 2.31 bits per heavy atom. The van der Waals surface area contributed by atoms with Crippen molar-refractivity contribution in [2.45, 2.75) is 4.90 Å². The summed E-state index contributed by atoms with van der Waals surface area (Å²) in [5.41, 5.74) is -0.0935. The fourth-order valence-corrected chi connectivity index (χ4v) is 3.04. The molecule has 0 atom stereocenters. The minimum absolute atomic E-state index is 0.0134. The summed E-state index contributed by atoms with van der Waals surface area (Å²) in [6, 6.07) is 8.46. The van der Waals surface area contributed by atoms with Crippen molar-refractivity contribution in [3.05, 3.63) is 56.5 Å². The molecule has 1 N–H and O–H groups in total. The van der Waals surface area contributed by atoms with Gasteiger partial charge in [-0.15, -0.1) is 0 Å². The summed E-state index contributed by atoms with van der Waals surface area (Å²) in [6.45, 7) is 0. The minimum Gasteiger partial charge on any atom is -0.496 e. The number of methoxy groups -OCH3 is 2. The van der Waals surface area contributed by atoms with Gasteiger partial charge in [0.05, 0.1) is 30.3 Å². The highest BCUT2D eigenvalue weighted by Crippen LogP contribution is 2.33. The zero-order valence-electron chi connectivity index (χ0n) is 13.7. The molecule has 0 heterocycles. The highest BCUT2D eigenvalue weighted by molar-refractivity contribution is 9.10. The molecule has 11 heteroatoms. The predicted molar refractivity (Wildman–Crippen MR) is 98.3 cm³/mol. The quantitative estimate of drug-likeness (QED) is 0.398. The van der Waals surface area contributed by atoms with E-state index in [1.807, 2.05) is 4.83 Å². The normalized spacial score (nSPS) is 11.3. The molecule has 0 radical (unpaired) electrons. The van der Waals surface area contributed by atoms with Crippen LogP contribution in [0.3, 0.4) is 0 Å². The Hall–Kier alpha value is -2.66. The molecule has 0 aliphatic heterocycles. The van der Waals surface area contributed by atoms with Crippen LogP contribution < -0.4 is 14.3 Å². The molecule has 138 valence electrons. The van der Waals surface area contributed by atoms with E-state index >= 15 is 0 Å². The van der Waals surface area contributed by atoms with Gasteiger partial charge in [-0.2, -0.15) is 13.5 Å². The molecule has 26 heavy (non-hydrogen) atoms. The molecule has 0 spiro atoms. The minimum atomic E-state index is -3.87. The number of hydrogen-bond donors (Lipinski definition) is 1. The molecule has 0 amide bonds. The second-order valence-electron chi connectivity index (χ2n) is 4.83. The number of nitrogens with one attached hydrogen (secondary N) is 1. The number of ether oxygens (including phenoxy) is 2. The maximum atomic E-state index is 12.2. The van der Waals surface area contributed by atoms with Gasteiger partial charge in [0.2, 0.25) is 5.75 Å². The highest BCUT2D eigenvalue weighted by atomic mass is 79.9. The van der Waals surface area contributed by atoms with Crippen molar-refractivity contribution in [2.24, 2.45) is 5.10 Å². The van der Waals surface area contributed by atoms with E-state index in [2.05, 4.69) is 21.0 Å². The van der Waals surface area contributed by atoms with Crippen molar-refractivity contribution in [3.63, 3.8) is 0 Å².